The van der Waals surface area contributed by atoms with Crippen LogP contribution in [0.5, 0.6) is 0 Å². The number of amides is 3. The summed E-state index contributed by atoms with van der Waals surface area (Å²) in [6, 6.07) is 4.28. The quantitative estimate of drug-likeness (QED) is 0.695. The van der Waals surface area contributed by atoms with Crippen LogP contribution in [-0.2, 0) is 22.6 Å². The Labute approximate surface area is 192 Å². The molecule has 2 N–H and O–H groups in total. The zero-order valence-electron chi connectivity index (χ0n) is 19.5. The molecule has 9 heteroatoms. The van der Waals surface area contributed by atoms with Crippen LogP contribution in [0, 0.1) is 19.7 Å². The topological polar surface area (TPSA) is 88.7 Å². The lowest BCUT2D eigenvalue weighted by molar-refractivity contribution is -0.130. The van der Waals surface area contributed by atoms with E-state index in [2.05, 4.69) is 10.3 Å². The van der Waals surface area contributed by atoms with E-state index in [1.165, 1.54) is 12.1 Å². The number of hydrogen-bond donors (Lipinski definition) is 2. The summed E-state index contributed by atoms with van der Waals surface area (Å²) in [5, 5.41) is 3.06. The summed E-state index contributed by atoms with van der Waals surface area (Å²) in [6.45, 7) is 5.47. The predicted octanol–water partition coefficient (Wildman–Crippen LogP) is 1.75. The molecule has 33 heavy (non-hydrogen) atoms. The van der Waals surface area contributed by atoms with Gasteiger partial charge in [-0.3, -0.25) is 14.4 Å². The van der Waals surface area contributed by atoms with E-state index < -0.39 is 0 Å². The maximum absolute atomic E-state index is 13.5. The Bertz CT molecular complexity index is 1110. The molecule has 3 heterocycles. The second-order valence-corrected chi connectivity index (χ2v) is 9.19. The van der Waals surface area contributed by atoms with Gasteiger partial charge in [0.2, 0.25) is 11.8 Å². The second-order valence-electron chi connectivity index (χ2n) is 9.19. The van der Waals surface area contributed by atoms with Crippen molar-refractivity contribution in [2.24, 2.45) is 0 Å². The van der Waals surface area contributed by atoms with Crippen LogP contribution < -0.4 is 10.2 Å². The van der Waals surface area contributed by atoms with Crippen LogP contribution in [0.2, 0.25) is 0 Å². The van der Waals surface area contributed by atoms with Crippen molar-refractivity contribution in [2.45, 2.75) is 39.3 Å². The van der Waals surface area contributed by atoms with E-state index in [0.717, 1.165) is 23.4 Å². The molecule has 4 rings (SSSR count). The number of anilines is 1. The maximum Gasteiger partial charge on any atom is 0.253 e. The highest BCUT2D eigenvalue weighted by Crippen LogP contribution is 2.32. The smallest absolute Gasteiger partial charge is 0.253 e. The fourth-order valence-corrected chi connectivity index (χ4v) is 4.73. The van der Waals surface area contributed by atoms with Gasteiger partial charge >= 0.3 is 0 Å². The van der Waals surface area contributed by atoms with Crippen LogP contribution in [0.25, 0.3) is 0 Å². The molecule has 0 spiro atoms. The normalized spacial score (nSPS) is 17.8. The molecular weight excluding hydrogens is 425 g/mol. The molecule has 8 nitrogen and oxygen atoms in total. The molecule has 1 atom stereocenters. The summed E-state index contributed by atoms with van der Waals surface area (Å²) in [7, 11) is 3.71. The van der Waals surface area contributed by atoms with Gasteiger partial charge in [-0.05, 0) is 63.7 Å². The molecule has 0 saturated carbocycles. The Hall–Kier alpha value is -3.20. The minimum absolute atomic E-state index is 0.0588. The van der Waals surface area contributed by atoms with Gasteiger partial charge in [0.05, 0.1) is 25.1 Å². The number of likely N-dealkylation sites (N-methyl/N-ethyl adjacent to an activating group) is 1. The highest BCUT2D eigenvalue weighted by molar-refractivity contribution is 6.01. The summed E-state index contributed by atoms with van der Waals surface area (Å²) >= 11 is 0. The fraction of sp³-hybridized carbons (Fsp3) is 0.458. The Balaban J connectivity index is 1.45. The summed E-state index contributed by atoms with van der Waals surface area (Å²) in [4.78, 5) is 46.4. The zero-order chi connectivity index (χ0) is 23.9. The van der Waals surface area contributed by atoms with Gasteiger partial charge in [0.25, 0.3) is 5.91 Å². The van der Waals surface area contributed by atoms with Crippen molar-refractivity contribution in [2.75, 3.05) is 38.6 Å². The third-order valence-corrected chi connectivity index (χ3v) is 6.39. The number of halogens is 1. The molecule has 2 aliphatic rings. The fourth-order valence-electron chi connectivity index (χ4n) is 4.73. The van der Waals surface area contributed by atoms with Gasteiger partial charge in [-0.25, -0.2) is 4.39 Å². The molecule has 2 aliphatic heterocycles. The van der Waals surface area contributed by atoms with Crippen LogP contribution in [-0.4, -0.2) is 72.3 Å². The standard InChI is InChI=1S/C24H30FN5O3/c1-14-19(12-30-20-6-5-17(25)9-16(20)10-21(30)31)26-15(2)23(14)24(33)27-18-7-8-29(11-18)22(32)13-28(3)4/h5-6,9,18,26H,7-8,10-13H2,1-4H3,(H,27,33)/t18-/m0/s1. The van der Waals surface area contributed by atoms with Gasteiger partial charge in [0, 0.05) is 36.2 Å². The average Bonchev–Trinajstić information content (AvgIpc) is 3.38. The van der Waals surface area contributed by atoms with Gasteiger partial charge < -0.3 is 25.0 Å². The number of likely N-dealkylation sites (tertiary alicyclic amines) is 1. The van der Waals surface area contributed by atoms with Crippen molar-refractivity contribution in [1.29, 1.82) is 0 Å². The van der Waals surface area contributed by atoms with Crippen molar-refractivity contribution in [3.8, 4) is 0 Å². The van der Waals surface area contributed by atoms with Crippen LogP contribution in [0.3, 0.4) is 0 Å². The van der Waals surface area contributed by atoms with Crippen molar-refractivity contribution in [3.63, 3.8) is 0 Å². The third kappa shape index (κ3) is 4.64. The molecule has 1 aromatic carbocycles. The molecule has 176 valence electrons. The van der Waals surface area contributed by atoms with Gasteiger partial charge in [-0.1, -0.05) is 0 Å². The predicted molar refractivity (Wildman–Crippen MR) is 123 cm³/mol. The molecule has 1 aromatic heterocycles. The number of hydrogen-bond acceptors (Lipinski definition) is 4. The van der Waals surface area contributed by atoms with E-state index in [-0.39, 0.29) is 42.5 Å². The lowest BCUT2D eigenvalue weighted by Crippen LogP contribution is -2.41. The zero-order valence-corrected chi connectivity index (χ0v) is 19.5. The maximum atomic E-state index is 13.5. The Morgan fingerprint density at radius 1 is 1.27 bits per heavy atom. The van der Waals surface area contributed by atoms with Gasteiger partial charge in [-0.15, -0.1) is 0 Å². The SMILES string of the molecule is Cc1[nH]c(CN2C(=O)Cc3cc(F)ccc32)c(C)c1C(=O)N[C@H]1CCN(C(=O)CN(C)C)C1. The first-order valence-corrected chi connectivity index (χ1v) is 11.1. The van der Waals surface area contributed by atoms with E-state index in [1.807, 2.05) is 32.8 Å². The van der Waals surface area contributed by atoms with E-state index >= 15 is 0 Å². The number of nitrogens with zero attached hydrogens (tertiary/aromatic N) is 3. The summed E-state index contributed by atoms with van der Waals surface area (Å²) in [5.74, 6) is -0.581. The number of aryl methyl sites for hydroxylation is 1. The molecule has 1 saturated heterocycles. The van der Waals surface area contributed by atoms with E-state index in [9.17, 15) is 18.8 Å². The van der Waals surface area contributed by atoms with Gasteiger partial charge in [0.1, 0.15) is 5.82 Å². The highest BCUT2D eigenvalue weighted by atomic mass is 19.1. The second kappa shape index (κ2) is 8.97. The third-order valence-electron chi connectivity index (χ3n) is 6.39. The lowest BCUT2D eigenvalue weighted by Gasteiger charge is -2.19. The molecule has 1 fully saturated rings. The number of aromatic nitrogens is 1. The highest BCUT2D eigenvalue weighted by Gasteiger charge is 2.31. The monoisotopic (exact) mass is 455 g/mol. The first-order valence-electron chi connectivity index (χ1n) is 11.1. The number of nitrogens with one attached hydrogen (secondary N) is 2. The summed E-state index contributed by atoms with van der Waals surface area (Å²) in [6.07, 6.45) is 0.889. The molecule has 0 radical (unpaired) electrons. The number of aromatic amines is 1. The first kappa shape index (κ1) is 23.0. The Morgan fingerprint density at radius 3 is 2.76 bits per heavy atom. The molecule has 0 unspecified atom stereocenters. The van der Waals surface area contributed by atoms with Crippen molar-refractivity contribution in [1.82, 2.24) is 20.1 Å². The minimum atomic E-state index is -0.358. The molecular formula is C24H30FN5O3. The number of benzene rings is 1. The largest absolute Gasteiger partial charge is 0.360 e. The van der Waals surface area contributed by atoms with Crippen LogP contribution in [0.4, 0.5) is 10.1 Å². The summed E-state index contributed by atoms with van der Waals surface area (Å²) in [5.41, 5.74) is 4.23. The van der Waals surface area contributed by atoms with E-state index in [4.69, 9.17) is 0 Å². The number of H-pyrrole nitrogens is 1. The van der Waals surface area contributed by atoms with Crippen molar-refractivity contribution < 1.29 is 18.8 Å². The summed E-state index contributed by atoms with van der Waals surface area (Å²) < 4.78 is 13.5. The van der Waals surface area contributed by atoms with Crippen LogP contribution in [0.1, 0.15) is 39.3 Å². The lowest BCUT2D eigenvalue weighted by atomic mass is 10.1. The van der Waals surface area contributed by atoms with E-state index in [1.54, 1.807) is 15.9 Å². The Morgan fingerprint density at radius 2 is 2.03 bits per heavy atom. The average molecular weight is 456 g/mol. The first-order chi connectivity index (χ1) is 15.6. The number of carbonyl (C=O) groups is 3. The Kier molecular flexibility index (Phi) is 6.25. The molecule has 3 amide bonds. The van der Waals surface area contributed by atoms with Gasteiger partial charge in [-0.2, -0.15) is 0 Å². The minimum Gasteiger partial charge on any atom is -0.360 e. The molecule has 0 aliphatic carbocycles. The van der Waals surface area contributed by atoms with Gasteiger partial charge in [0.15, 0.2) is 0 Å². The van der Waals surface area contributed by atoms with Crippen molar-refractivity contribution >= 4 is 23.4 Å². The van der Waals surface area contributed by atoms with Crippen molar-refractivity contribution in [3.05, 3.63) is 52.1 Å². The molecule has 0 bridgehead atoms. The van der Waals surface area contributed by atoms with Crippen LogP contribution in [0.15, 0.2) is 18.2 Å². The number of fused-ring (bicyclic) bond motifs is 1. The van der Waals surface area contributed by atoms with Crippen LogP contribution >= 0.6 is 0 Å². The number of carbonyl (C=O) groups excluding carboxylic acids is 3. The number of rotatable bonds is 6. The van der Waals surface area contributed by atoms with E-state index in [0.29, 0.717) is 36.4 Å². The molecule has 2 aromatic rings.